The summed E-state index contributed by atoms with van der Waals surface area (Å²) in [5, 5.41) is 14.8. The first kappa shape index (κ1) is 13.5. The molecule has 0 aliphatic heterocycles. The number of nitro groups is 1. The van der Waals surface area contributed by atoms with Crippen molar-refractivity contribution in [1.82, 2.24) is 9.78 Å². The van der Waals surface area contributed by atoms with Crippen LogP contribution in [0.1, 0.15) is 10.4 Å². The third-order valence-electron chi connectivity index (χ3n) is 2.35. The van der Waals surface area contributed by atoms with Crippen molar-refractivity contribution >= 4 is 34.8 Å². The first-order valence-electron chi connectivity index (χ1n) is 5.13. The number of nitrogens with zero attached hydrogens (tertiary/aromatic N) is 3. The van der Waals surface area contributed by atoms with E-state index in [4.69, 9.17) is 23.2 Å². The fraction of sp³-hybridized carbons (Fsp3) is 0.0909. The minimum atomic E-state index is -0.632. The number of ketones is 1. The van der Waals surface area contributed by atoms with Gasteiger partial charge in [-0.2, -0.15) is 4.68 Å². The van der Waals surface area contributed by atoms with E-state index >= 15 is 0 Å². The Morgan fingerprint density at radius 3 is 2.74 bits per heavy atom. The van der Waals surface area contributed by atoms with Gasteiger partial charge in [-0.25, -0.2) is 0 Å². The van der Waals surface area contributed by atoms with E-state index in [0.717, 1.165) is 0 Å². The van der Waals surface area contributed by atoms with E-state index in [-0.39, 0.29) is 28.7 Å². The molecule has 0 fully saturated rings. The Labute approximate surface area is 117 Å². The van der Waals surface area contributed by atoms with Gasteiger partial charge in [0.2, 0.25) is 0 Å². The molecule has 6 nitrogen and oxygen atoms in total. The molecule has 0 aliphatic carbocycles. The van der Waals surface area contributed by atoms with Crippen LogP contribution in [-0.4, -0.2) is 20.5 Å². The molecule has 0 radical (unpaired) electrons. The third-order valence-corrected chi connectivity index (χ3v) is 2.91. The lowest BCUT2D eigenvalue weighted by Crippen LogP contribution is -2.11. The van der Waals surface area contributed by atoms with E-state index < -0.39 is 4.92 Å². The smallest absolute Gasteiger partial charge is 0.358 e. The monoisotopic (exact) mass is 299 g/mol. The predicted octanol–water partition coefficient (Wildman–Crippen LogP) is 2.98. The third kappa shape index (κ3) is 3.10. The van der Waals surface area contributed by atoms with Gasteiger partial charge < -0.3 is 10.1 Å². The Morgan fingerprint density at radius 2 is 2.11 bits per heavy atom. The number of rotatable bonds is 4. The van der Waals surface area contributed by atoms with Crippen LogP contribution in [0.25, 0.3) is 0 Å². The average molecular weight is 300 g/mol. The molecule has 0 saturated heterocycles. The Kier molecular flexibility index (Phi) is 3.82. The molecule has 0 atom stereocenters. The van der Waals surface area contributed by atoms with Gasteiger partial charge in [-0.1, -0.05) is 23.2 Å². The minimum Gasteiger partial charge on any atom is -0.358 e. The predicted molar refractivity (Wildman–Crippen MR) is 69.7 cm³/mol. The largest absolute Gasteiger partial charge is 0.389 e. The highest BCUT2D eigenvalue weighted by Crippen LogP contribution is 2.21. The molecule has 19 heavy (non-hydrogen) atoms. The SMILES string of the molecule is O=C(Cn1ccc([N+](=O)[O-])n1)c1cc(Cl)ccc1Cl. The summed E-state index contributed by atoms with van der Waals surface area (Å²) in [7, 11) is 0. The van der Waals surface area contributed by atoms with Gasteiger partial charge >= 0.3 is 5.82 Å². The van der Waals surface area contributed by atoms with Gasteiger partial charge in [0, 0.05) is 10.6 Å². The molecular formula is C11H7Cl2N3O3. The molecule has 0 unspecified atom stereocenters. The average Bonchev–Trinajstić information content (AvgIpc) is 2.80. The van der Waals surface area contributed by atoms with Crippen molar-refractivity contribution in [3.63, 3.8) is 0 Å². The Balaban J connectivity index is 2.20. The number of hydrogen-bond acceptors (Lipinski definition) is 4. The zero-order valence-electron chi connectivity index (χ0n) is 9.42. The summed E-state index contributed by atoms with van der Waals surface area (Å²) in [4.78, 5) is 21.8. The zero-order chi connectivity index (χ0) is 14.0. The van der Waals surface area contributed by atoms with Crippen molar-refractivity contribution in [2.75, 3.05) is 0 Å². The molecule has 0 bridgehead atoms. The van der Waals surface area contributed by atoms with Crippen LogP contribution in [-0.2, 0) is 6.54 Å². The molecule has 0 N–H and O–H groups in total. The Morgan fingerprint density at radius 1 is 1.37 bits per heavy atom. The fourth-order valence-corrected chi connectivity index (χ4v) is 1.87. The number of halogens is 2. The van der Waals surface area contributed by atoms with Crippen molar-refractivity contribution in [3.05, 3.63) is 56.2 Å². The van der Waals surface area contributed by atoms with Crippen LogP contribution in [0.5, 0.6) is 0 Å². The highest BCUT2D eigenvalue weighted by molar-refractivity contribution is 6.35. The van der Waals surface area contributed by atoms with Crippen molar-refractivity contribution < 1.29 is 9.72 Å². The molecule has 1 heterocycles. The summed E-state index contributed by atoms with van der Waals surface area (Å²) in [5.41, 5.74) is 0.257. The molecule has 1 aromatic carbocycles. The highest BCUT2D eigenvalue weighted by atomic mass is 35.5. The quantitative estimate of drug-likeness (QED) is 0.494. The molecule has 2 aromatic rings. The molecule has 0 saturated carbocycles. The van der Waals surface area contributed by atoms with Crippen LogP contribution >= 0.6 is 23.2 Å². The fourth-order valence-electron chi connectivity index (χ4n) is 1.48. The standard InChI is InChI=1S/C11H7Cl2N3O3/c12-7-1-2-9(13)8(5-7)10(17)6-15-4-3-11(14-15)16(18)19/h1-5H,6H2. The molecule has 8 heteroatoms. The first-order valence-corrected chi connectivity index (χ1v) is 5.89. The maximum atomic E-state index is 12.0. The summed E-state index contributed by atoms with van der Waals surface area (Å²) in [5.74, 6) is -0.643. The molecule has 0 aliphatic rings. The van der Waals surface area contributed by atoms with E-state index in [0.29, 0.717) is 5.02 Å². The molecular weight excluding hydrogens is 293 g/mol. The van der Waals surface area contributed by atoms with E-state index in [1.165, 1.54) is 29.1 Å². The molecule has 0 amide bonds. The molecule has 2 rings (SSSR count). The summed E-state index contributed by atoms with van der Waals surface area (Å²) in [6.45, 7) is -0.145. The highest BCUT2D eigenvalue weighted by Gasteiger charge is 2.16. The number of hydrogen-bond donors (Lipinski definition) is 0. The van der Waals surface area contributed by atoms with Crippen LogP contribution in [0.2, 0.25) is 10.0 Å². The van der Waals surface area contributed by atoms with Gasteiger partial charge in [0.05, 0.1) is 22.4 Å². The van der Waals surface area contributed by atoms with Crippen molar-refractivity contribution in [2.24, 2.45) is 0 Å². The Hall–Kier alpha value is -1.92. The summed E-state index contributed by atoms with van der Waals surface area (Å²) >= 11 is 11.7. The normalized spacial score (nSPS) is 10.4. The molecule has 98 valence electrons. The second kappa shape index (κ2) is 5.38. The minimum absolute atomic E-state index is 0.145. The van der Waals surface area contributed by atoms with E-state index in [2.05, 4.69) is 5.10 Å². The van der Waals surface area contributed by atoms with Crippen molar-refractivity contribution in [1.29, 1.82) is 0 Å². The number of Topliss-reactive ketones (excluding diaryl/α,β-unsaturated/α-hetero) is 1. The van der Waals surface area contributed by atoms with Crippen LogP contribution < -0.4 is 0 Å². The van der Waals surface area contributed by atoms with Crippen LogP contribution in [0.3, 0.4) is 0 Å². The van der Waals surface area contributed by atoms with Gasteiger partial charge in [-0.05, 0) is 23.1 Å². The van der Waals surface area contributed by atoms with Crippen molar-refractivity contribution in [2.45, 2.75) is 6.54 Å². The van der Waals surface area contributed by atoms with Crippen LogP contribution in [0.15, 0.2) is 30.5 Å². The van der Waals surface area contributed by atoms with Gasteiger partial charge in [0.15, 0.2) is 5.78 Å². The molecule has 1 aromatic heterocycles. The van der Waals surface area contributed by atoms with E-state index in [1.54, 1.807) is 6.07 Å². The number of carbonyl (C=O) groups is 1. The van der Waals surface area contributed by atoms with E-state index in [1.807, 2.05) is 0 Å². The maximum Gasteiger partial charge on any atom is 0.389 e. The molecule has 0 spiro atoms. The second-order valence-corrected chi connectivity index (χ2v) is 4.52. The van der Waals surface area contributed by atoms with E-state index in [9.17, 15) is 14.9 Å². The second-order valence-electron chi connectivity index (χ2n) is 3.68. The first-order chi connectivity index (χ1) is 8.97. The maximum absolute atomic E-state index is 12.0. The van der Waals surface area contributed by atoms with Gasteiger partial charge in [0.1, 0.15) is 6.54 Å². The number of carbonyl (C=O) groups excluding carboxylic acids is 1. The van der Waals surface area contributed by atoms with Gasteiger partial charge in [-0.3, -0.25) is 4.79 Å². The lowest BCUT2D eigenvalue weighted by molar-refractivity contribution is -0.389. The number of benzene rings is 1. The summed E-state index contributed by atoms with van der Waals surface area (Å²) in [6, 6.07) is 5.75. The van der Waals surface area contributed by atoms with Gasteiger partial charge in [0.25, 0.3) is 0 Å². The Bertz CT molecular complexity index is 654. The van der Waals surface area contributed by atoms with Gasteiger partial charge in [-0.15, -0.1) is 0 Å². The lowest BCUT2D eigenvalue weighted by Gasteiger charge is -2.02. The topological polar surface area (TPSA) is 78.0 Å². The summed E-state index contributed by atoms with van der Waals surface area (Å²) in [6.07, 6.45) is 1.36. The summed E-state index contributed by atoms with van der Waals surface area (Å²) < 4.78 is 1.18. The van der Waals surface area contributed by atoms with Crippen LogP contribution in [0.4, 0.5) is 5.82 Å². The zero-order valence-corrected chi connectivity index (χ0v) is 10.9. The van der Waals surface area contributed by atoms with Crippen LogP contribution in [0, 0.1) is 10.1 Å². The lowest BCUT2D eigenvalue weighted by atomic mass is 10.1. The van der Waals surface area contributed by atoms with Crippen molar-refractivity contribution in [3.8, 4) is 0 Å². The number of aromatic nitrogens is 2.